The molecule has 0 bridgehead atoms. The molecule has 3 heteroatoms. The molecule has 1 aliphatic carbocycles. The Kier molecular flexibility index (Phi) is 6.77. The van der Waals surface area contributed by atoms with Crippen molar-refractivity contribution in [1.82, 2.24) is 9.97 Å². The minimum Gasteiger partial charge on any atom is -0.457 e. The Morgan fingerprint density at radius 1 is 0.333 bits per heavy atom. The third-order valence-corrected chi connectivity index (χ3v) is 11.2. The lowest BCUT2D eigenvalue weighted by molar-refractivity contribution is 0.436. The van der Waals surface area contributed by atoms with Crippen LogP contribution in [0.1, 0.15) is 22.3 Å². The first-order valence-corrected chi connectivity index (χ1v) is 18.4. The van der Waals surface area contributed by atoms with Crippen LogP contribution in [-0.2, 0) is 5.41 Å². The number of aromatic nitrogens is 2. The van der Waals surface area contributed by atoms with E-state index in [2.05, 4.69) is 176 Å². The zero-order chi connectivity index (χ0) is 35.6. The van der Waals surface area contributed by atoms with Gasteiger partial charge in [-0.15, -0.1) is 0 Å². The number of benzene rings is 8. The molecule has 8 aromatic carbocycles. The number of hydrogen-bond donors (Lipinski definition) is 0. The van der Waals surface area contributed by atoms with Gasteiger partial charge in [0, 0.05) is 27.8 Å². The van der Waals surface area contributed by atoms with E-state index in [9.17, 15) is 0 Å². The lowest BCUT2D eigenvalue weighted by atomic mass is 9.66. The van der Waals surface area contributed by atoms with E-state index in [1.54, 1.807) is 0 Å². The first kappa shape index (κ1) is 30.5. The number of nitrogens with zero attached hydrogens (tertiary/aromatic N) is 2. The summed E-state index contributed by atoms with van der Waals surface area (Å²) in [5, 5.41) is 2.39. The van der Waals surface area contributed by atoms with Gasteiger partial charge in [-0.2, -0.15) is 0 Å². The highest BCUT2D eigenvalue weighted by atomic mass is 16.5. The summed E-state index contributed by atoms with van der Waals surface area (Å²) in [6.45, 7) is 0. The van der Waals surface area contributed by atoms with Crippen LogP contribution in [-0.4, -0.2) is 9.97 Å². The minimum absolute atomic E-state index is 0.499. The molecule has 252 valence electrons. The van der Waals surface area contributed by atoms with Crippen LogP contribution in [0.2, 0.25) is 0 Å². The molecule has 0 fully saturated rings. The van der Waals surface area contributed by atoms with Crippen LogP contribution < -0.4 is 4.74 Å². The van der Waals surface area contributed by atoms with E-state index < -0.39 is 5.41 Å². The molecule has 2 heterocycles. The van der Waals surface area contributed by atoms with Crippen LogP contribution >= 0.6 is 0 Å². The molecule has 0 saturated heterocycles. The second kappa shape index (κ2) is 12.0. The Hall–Kier alpha value is -7.10. The Balaban J connectivity index is 1.04. The zero-order valence-electron chi connectivity index (χ0n) is 29.3. The Morgan fingerprint density at radius 2 is 0.889 bits per heavy atom. The third kappa shape index (κ3) is 4.62. The highest BCUT2D eigenvalue weighted by molar-refractivity contribution is 5.90. The molecule has 0 atom stereocenters. The van der Waals surface area contributed by atoms with Crippen LogP contribution in [0.15, 0.2) is 194 Å². The van der Waals surface area contributed by atoms with Crippen LogP contribution in [0.5, 0.6) is 11.5 Å². The Labute approximate surface area is 313 Å². The lowest BCUT2D eigenvalue weighted by Gasteiger charge is -2.39. The quantitative estimate of drug-likeness (QED) is 0.185. The van der Waals surface area contributed by atoms with Crippen molar-refractivity contribution in [3.63, 3.8) is 0 Å². The molecule has 2 aliphatic rings. The normalized spacial score (nSPS) is 13.1. The number of hydrogen-bond acceptors (Lipinski definition) is 3. The van der Waals surface area contributed by atoms with Gasteiger partial charge in [0.1, 0.15) is 11.5 Å². The molecule has 0 amide bonds. The van der Waals surface area contributed by atoms with Crippen LogP contribution in [0.25, 0.3) is 66.9 Å². The van der Waals surface area contributed by atoms with Gasteiger partial charge in [0.05, 0.1) is 16.8 Å². The number of rotatable bonds is 4. The Bertz CT molecular complexity index is 2870. The van der Waals surface area contributed by atoms with Crippen molar-refractivity contribution in [3.8, 4) is 67.7 Å². The maximum absolute atomic E-state index is 6.67. The van der Waals surface area contributed by atoms with E-state index in [4.69, 9.17) is 14.7 Å². The van der Waals surface area contributed by atoms with Gasteiger partial charge >= 0.3 is 0 Å². The van der Waals surface area contributed by atoms with Crippen LogP contribution in [0.4, 0.5) is 0 Å². The highest BCUT2D eigenvalue weighted by Gasteiger charge is 2.50. The molecule has 0 N–H and O–H groups in total. The van der Waals surface area contributed by atoms with Gasteiger partial charge in [0.2, 0.25) is 0 Å². The molecule has 1 aromatic heterocycles. The van der Waals surface area contributed by atoms with Crippen LogP contribution in [0, 0.1) is 0 Å². The number of fused-ring (bicyclic) bond motifs is 10. The highest BCUT2D eigenvalue weighted by Crippen LogP contribution is 2.62. The molecule has 11 rings (SSSR count). The summed E-state index contributed by atoms with van der Waals surface area (Å²) in [6.07, 6.45) is 0. The van der Waals surface area contributed by atoms with Gasteiger partial charge in [-0.25, -0.2) is 9.97 Å². The van der Waals surface area contributed by atoms with E-state index >= 15 is 0 Å². The fourth-order valence-corrected chi connectivity index (χ4v) is 8.68. The maximum Gasteiger partial charge on any atom is 0.160 e. The van der Waals surface area contributed by atoms with Crippen molar-refractivity contribution in [2.75, 3.05) is 0 Å². The standard InChI is InChI=1S/C51H32N2O/c1-2-13-36(14-3-1)50-52-46(32-47(53-50)39-27-24-33-12-4-5-15-37(33)30-39)35-25-22-34(23-26-35)38-28-29-49-45(31-38)51(44-20-10-11-21-48(44)54-49)42-18-8-6-16-40(42)41-17-7-9-19-43(41)51/h1-32H. The summed E-state index contributed by atoms with van der Waals surface area (Å²) in [6, 6.07) is 69.0. The molecule has 9 aromatic rings. The fraction of sp³-hybridized carbons (Fsp3) is 0.0196. The summed E-state index contributed by atoms with van der Waals surface area (Å²) in [4.78, 5) is 10.2. The summed E-state index contributed by atoms with van der Waals surface area (Å²) in [5.74, 6) is 2.49. The van der Waals surface area contributed by atoms with Gasteiger partial charge in [0.15, 0.2) is 5.82 Å². The predicted octanol–water partition coefficient (Wildman–Crippen LogP) is 12.8. The van der Waals surface area contributed by atoms with E-state index in [0.29, 0.717) is 5.82 Å². The van der Waals surface area contributed by atoms with Crippen molar-refractivity contribution in [2.45, 2.75) is 5.41 Å². The van der Waals surface area contributed by atoms with Gasteiger partial charge < -0.3 is 4.74 Å². The van der Waals surface area contributed by atoms with Crippen molar-refractivity contribution < 1.29 is 4.74 Å². The molecule has 0 unspecified atom stereocenters. The Morgan fingerprint density at radius 3 is 1.65 bits per heavy atom. The van der Waals surface area contributed by atoms with Crippen LogP contribution in [0.3, 0.4) is 0 Å². The van der Waals surface area contributed by atoms with Gasteiger partial charge in [-0.1, -0.05) is 164 Å². The lowest BCUT2D eigenvalue weighted by Crippen LogP contribution is -2.32. The van der Waals surface area contributed by atoms with Gasteiger partial charge in [-0.3, -0.25) is 0 Å². The summed E-state index contributed by atoms with van der Waals surface area (Å²) in [5.41, 5.74) is 14.1. The average Bonchev–Trinajstić information content (AvgIpc) is 3.54. The predicted molar refractivity (Wildman–Crippen MR) is 219 cm³/mol. The number of para-hydroxylation sites is 1. The first-order chi connectivity index (χ1) is 26.7. The smallest absolute Gasteiger partial charge is 0.160 e. The summed E-state index contributed by atoms with van der Waals surface area (Å²) < 4.78 is 6.67. The molecule has 0 saturated carbocycles. The monoisotopic (exact) mass is 688 g/mol. The summed E-state index contributed by atoms with van der Waals surface area (Å²) in [7, 11) is 0. The van der Waals surface area contributed by atoms with Gasteiger partial charge in [0.25, 0.3) is 0 Å². The molecule has 54 heavy (non-hydrogen) atoms. The second-order valence-electron chi connectivity index (χ2n) is 14.1. The maximum atomic E-state index is 6.67. The number of ether oxygens (including phenoxy) is 1. The second-order valence-corrected chi connectivity index (χ2v) is 14.1. The molecule has 1 aliphatic heterocycles. The third-order valence-electron chi connectivity index (χ3n) is 11.2. The SMILES string of the molecule is c1ccc(-c2nc(-c3ccc(-c4ccc5c(c4)C4(c6ccccc6O5)c5ccccc5-c5ccccc54)cc3)cc(-c3ccc4ccccc4c3)n2)cc1. The topological polar surface area (TPSA) is 35.0 Å². The van der Waals surface area contributed by atoms with E-state index in [-0.39, 0.29) is 0 Å². The van der Waals surface area contributed by atoms with Crippen molar-refractivity contribution in [2.24, 2.45) is 0 Å². The average molecular weight is 689 g/mol. The zero-order valence-corrected chi connectivity index (χ0v) is 29.3. The van der Waals surface area contributed by atoms with E-state index in [1.807, 2.05) is 18.2 Å². The minimum atomic E-state index is -0.499. The molecule has 1 spiro atoms. The van der Waals surface area contributed by atoms with Crippen molar-refractivity contribution >= 4 is 10.8 Å². The van der Waals surface area contributed by atoms with Crippen molar-refractivity contribution in [1.29, 1.82) is 0 Å². The largest absolute Gasteiger partial charge is 0.457 e. The van der Waals surface area contributed by atoms with E-state index in [1.165, 1.54) is 38.6 Å². The van der Waals surface area contributed by atoms with Crippen molar-refractivity contribution in [3.05, 3.63) is 216 Å². The molecular formula is C51H32N2O. The van der Waals surface area contributed by atoms with Gasteiger partial charge in [-0.05, 0) is 74.5 Å². The first-order valence-electron chi connectivity index (χ1n) is 18.4. The summed E-state index contributed by atoms with van der Waals surface area (Å²) >= 11 is 0. The molecule has 0 radical (unpaired) electrons. The fourth-order valence-electron chi connectivity index (χ4n) is 8.68. The van der Waals surface area contributed by atoms with E-state index in [0.717, 1.165) is 56.3 Å². The molecule has 3 nitrogen and oxygen atoms in total. The molecular weight excluding hydrogens is 657 g/mol.